The van der Waals surface area contributed by atoms with Crippen molar-refractivity contribution in [3.63, 3.8) is 0 Å². The lowest BCUT2D eigenvalue weighted by molar-refractivity contribution is -0.137. The van der Waals surface area contributed by atoms with Crippen molar-refractivity contribution in [2.24, 2.45) is 0 Å². The van der Waals surface area contributed by atoms with Crippen LogP contribution < -0.4 is 0 Å². The normalized spacial score (nSPS) is 11.5. The van der Waals surface area contributed by atoms with Crippen LogP contribution in [0.15, 0.2) is 42.6 Å². The Bertz CT molecular complexity index is 520. The Morgan fingerprint density at radius 1 is 1.00 bits per heavy atom. The quantitative estimate of drug-likeness (QED) is 0.737. The van der Waals surface area contributed by atoms with Crippen molar-refractivity contribution in [2.75, 3.05) is 0 Å². The summed E-state index contributed by atoms with van der Waals surface area (Å²) < 4.78 is 38.3. The molecule has 0 aliphatic rings. The molecule has 0 fully saturated rings. The van der Waals surface area contributed by atoms with Gasteiger partial charge in [0.25, 0.3) is 0 Å². The van der Waals surface area contributed by atoms with Gasteiger partial charge < -0.3 is 0 Å². The van der Waals surface area contributed by atoms with Gasteiger partial charge in [0.05, 0.1) is 16.3 Å². The zero-order chi connectivity index (χ0) is 12.5. The summed E-state index contributed by atoms with van der Waals surface area (Å²) >= 11 is 5.64. The first-order valence-electron chi connectivity index (χ1n) is 4.76. The molecular weight excluding hydrogens is 251 g/mol. The molecule has 5 heteroatoms. The van der Waals surface area contributed by atoms with E-state index in [1.54, 1.807) is 6.07 Å². The van der Waals surface area contributed by atoms with E-state index in [0.29, 0.717) is 5.02 Å². The van der Waals surface area contributed by atoms with Gasteiger partial charge in [0, 0.05) is 11.8 Å². The van der Waals surface area contributed by atoms with Gasteiger partial charge >= 0.3 is 6.18 Å². The molecule has 0 unspecified atom stereocenters. The summed E-state index contributed by atoms with van der Waals surface area (Å²) in [7, 11) is 0. The van der Waals surface area contributed by atoms with Crippen LogP contribution in [0.1, 0.15) is 5.56 Å². The molecule has 2 rings (SSSR count). The van der Waals surface area contributed by atoms with E-state index in [0.717, 1.165) is 6.07 Å². The Labute approximate surface area is 101 Å². The van der Waals surface area contributed by atoms with Crippen LogP contribution in [-0.2, 0) is 6.18 Å². The van der Waals surface area contributed by atoms with Gasteiger partial charge in [0.15, 0.2) is 0 Å². The van der Waals surface area contributed by atoms with Crippen molar-refractivity contribution in [1.29, 1.82) is 0 Å². The fraction of sp³-hybridized carbons (Fsp3) is 0.0833. The molecule has 1 nitrogen and oxygen atoms in total. The highest BCUT2D eigenvalue weighted by atomic mass is 35.5. The third-order valence-corrected chi connectivity index (χ3v) is 2.46. The van der Waals surface area contributed by atoms with Crippen molar-refractivity contribution in [3.05, 3.63) is 53.2 Å². The van der Waals surface area contributed by atoms with Crippen molar-refractivity contribution in [3.8, 4) is 11.3 Å². The van der Waals surface area contributed by atoms with E-state index in [1.807, 2.05) is 0 Å². The molecule has 1 aromatic carbocycles. The summed E-state index contributed by atoms with van der Waals surface area (Å²) in [5.74, 6) is 0. The molecule has 0 aliphatic heterocycles. The molecule has 2 aromatic rings. The summed E-state index contributed by atoms with van der Waals surface area (Å²) in [5.41, 5.74) is -0.395. The zero-order valence-corrected chi connectivity index (χ0v) is 9.26. The average molecular weight is 258 g/mol. The minimum atomic E-state index is -4.39. The highest BCUT2D eigenvalue weighted by molar-refractivity contribution is 6.30. The molecule has 0 saturated heterocycles. The smallest absolute Gasteiger partial charge is 0.255 e. The molecule has 1 heterocycles. The number of nitrogens with zero attached hydrogens (tertiary/aromatic N) is 1. The van der Waals surface area contributed by atoms with E-state index < -0.39 is 11.7 Å². The number of benzene rings is 1. The maximum absolute atomic E-state index is 12.8. The lowest BCUT2D eigenvalue weighted by Crippen LogP contribution is -2.07. The molecule has 0 amide bonds. The highest BCUT2D eigenvalue weighted by Gasteiger charge is 2.33. The third kappa shape index (κ3) is 2.58. The number of halogens is 4. The Hall–Kier alpha value is -1.55. The second-order valence-corrected chi connectivity index (χ2v) is 3.84. The van der Waals surface area contributed by atoms with Gasteiger partial charge in [-0.15, -0.1) is 0 Å². The summed E-state index contributed by atoms with van der Waals surface area (Å²) in [5, 5.41) is 0.387. The number of hydrogen-bond donors (Lipinski definition) is 0. The highest BCUT2D eigenvalue weighted by Crippen LogP contribution is 2.36. The summed E-state index contributed by atoms with van der Waals surface area (Å²) in [6, 6.07) is 8.29. The van der Waals surface area contributed by atoms with Crippen LogP contribution in [0.2, 0.25) is 5.02 Å². The largest absolute Gasteiger partial charge is 0.417 e. The molecule has 0 bridgehead atoms. The molecule has 1 aromatic heterocycles. The maximum atomic E-state index is 12.8. The van der Waals surface area contributed by atoms with E-state index in [1.165, 1.54) is 30.5 Å². The standard InChI is InChI=1S/C12H7ClF3N/c13-8-5-6-11(17-7-8)9-3-1-2-4-10(9)12(14,15)16/h1-7H. The van der Waals surface area contributed by atoms with E-state index in [4.69, 9.17) is 11.6 Å². The van der Waals surface area contributed by atoms with Crippen molar-refractivity contribution in [2.45, 2.75) is 6.18 Å². The molecule has 0 radical (unpaired) electrons. The molecule has 0 atom stereocenters. The monoisotopic (exact) mass is 257 g/mol. The first kappa shape index (κ1) is 11.9. The first-order chi connectivity index (χ1) is 7.98. The van der Waals surface area contributed by atoms with Crippen LogP contribution in [0.25, 0.3) is 11.3 Å². The van der Waals surface area contributed by atoms with Crippen LogP contribution in [0.5, 0.6) is 0 Å². The van der Waals surface area contributed by atoms with E-state index in [9.17, 15) is 13.2 Å². The zero-order valence-electron chi connectivity index (χ0n) is 8.50. The van der Waals surface area contributed by atoms with E-state index >= 15 is 0 Å². The number of hydrogen-bond acceptors (Lipinski definition) is 1. The number of alkyl halides is 3. The van der Waals surface area contributed by atoms with Crippen LogP contribution in [-0.4, -0.2) is 4.98 Å². The minimum Gasteiger partial charge on any atom is -0.255 e. The molecular formula is C12H7ClF3N. The second kappa shape index (κ2) is 4.37. The van der Waals surface area contributed by atoms with Crippen LogP contribution in [0, 0.1) is 0 Å². The van der Waals surface area contributed by atoms with Crippen LogP contribution in [0.4, 0.5) is 13.2 Å². The number of pyridine rings is 1. The lowest BCUT2D eigenvalue weighted by atomic mass is 10.0. The third-order valence-electron chi connectivity index (χ3n) is 2.24. The molecule has 0 spiro atoms. The Balaban J connectivity index is 2.56. The van der Waals surface area contributed by atoms with E-state index in [-0.39, 0.29) is 11.3 Å². The number of rotatable bonds is 1. The fourth-order valence-electron chi connectivity index (χ4n) is 1.49. The average Bonchev–Trinajstić information content (AvgIpc) is 2.29. The Morgan fingerprint density at radius 3 is 2.29 bits per heavy atom. The van der Waals surface area contributed by atoms with Gasteiger partial charge in [0.2, 0.25) is 0 Å². The molecule has 17 heavy (non-hydrogen) atoms. The summed E-state index contributed by atoms with van der Waals surface area (Å²) in [6.07, 6.45) is -3.07. The topological polar surface area (TPSA) is 12.9 Å². The SMILES string of the molecule is FC(F)(F)c1ccccc1-c1ccc(Cl)cn1. The summed E-state index contributed by atoms with van der Waals surface area (Å²) in [6.45, 7) is 0. The second-order valence-electron chi connectivity index (χ2n) is 3.41. The minimum absolute atomic E-state index is 0.0525. The molecule has 88 valence electrons. The fourth-order valence-corrected chi connectivity index (χ4v) is 1.60. The maximum Gasteiger partial charge on any atom is 0.417 e. The van der Waals surface area contributed by atoms with Gasteiger partial charge in [-0.2, -0.15) is 13.2 Å². The van der Waals surface area contributed by atoms with Crippen molar-refractivity contribution >= 4 is 11.6 Å². The van der Waals surface area contributed by atoms with Gasteiger partial charge in [-0.05, 0) is 18.2 Å². The summed E-state index contributed by atoms with van der Waals surface area (Å²) in [4.78, 5) is 3.89. The Morgan fingerprint density at radius 2 is 1.71 bits per heavy atom. The van der Waals surface area contributed by atoms with Crippen LogP contribution >= 0.6 is 11.6 Å². The van der Waals surface area contributed by atoms with Gasteiger partial charge in [0.1, 0.15) is 0 Å². The predicted molar refractivity (Wildman–Crippen MR) is 59.7 cm³/mol. The van der Waals surface area contributed by atoms with Crippen molar-refractivity contribution < 1.29 is 13.2 Å². The molecule has 0 aliphatic carbocycles. The molecule has 0 N–H and O–H groups in total. The lowest BCUT2D eigenvalue weighted by Gasteiger charge is -2.11. The van der Waals surface area contributed by atoms with Gasteiger partial charge in [-0.25, -0.2) is 0 Å². The predicted octanol–water partition coefficient (Wildman–Crippen LogP) is 4.42. The first-order valence-corrected chi connectivity index (χ1v) is 5.14. The van der Waals surface area contributed by atoms with Crippen molar-refractivity contribution in [1.82, 2.24) is 4.98 Å². The van der Waals surface area contributed by atoms with E-state index in [2.05, 4.69) is 4.98 Å². The van der Waals surface area contributed by atoms with Crippen LogP contribution in [0.3, 0.4) is 0 Å². The molecule has 0 saturated carbocycles. The number of aromatic nitrogens is 1. The van der Waals surface area contributed by atoms with Gasteiger partial charge in [-0.1, -0.05) is 29.8 Å². The Kier molecular flexibility index (Phi) is 3.07. The van der Waals surface area contributed by atoms with Gasteiger partial charge in [-0.3, -0.25) is 4.98 Å².